The molecule has 0 spiro atoms. The van der Waals surface area contributed by atoms with Crippen molar-refractivity contribution in [2.75, 3.05) is 7.11 Å². The number of halogens is 1. The van der Waals surface area contributed by atoms with Crippen molar-refractivity contribution in [1.29, 1.82) is 0 Å². The molecule has 0 aliphatic heterocycles. The van der Waals surface area contributed by atoms with E-state index in [4.69, 9.17) is 9.15 Å². The molecule has 2 aromatic rings. The van der Waals surface area contributed by atoms with Crippen molar-refractivity contribution in [2.45, 2.75) is 6.54 Å². The van der Waals surface area contributed by atoms with Crippen LogP contribution in [0.25, 0.3) is 0 Å². The first-order chi connectivity index (χ1) is 8.70. The molecule has 4 nitrogen and oxygen atoms in total. The number of amides is 1. The van der Waals surface area contributed by atoms with E-state index in [2.05, 4.69) is 21.2 Å². The van der Waals surface area contributed by atoms with Gasteiger partial charge in [0.1, 0.15) is 5.75 Å². The van der Waals surface area contributed by atoms with E-state index >= 15 is 0 Å². The molecule has 1 N–H and O–H groups in total. The SMILES string of the molecule is COc1ccc(CNC(=O)c2ccoc2Br)cc1. The number of rotatable bonds is 4. The fourth-order valence-corrected chi connectivity index (χ4v) is 1.90. The number of benzene rings is 1. The Kier molecular flexibility index (Phi) is 4.04. The van der Waals surface area contributed by atoms with E-state index in [1.54, 1.807) is 13.2 Å². The maximum absolute atomic E-state index is 11.8. The van der Waals surface area contributed by atoms with Crippen molar-refractivity contribution < 1.29 is 13.9 Å². The minimum absolute atomic E-state index is 0.175. The third-order valence-electron chi connectivity index (χ3n) is 2.47. The standard InChI is InChI=1S/C13H12BrNO3/c1-17-10-4-2-9(3-5-10)8-15-13(16)11-6-7-18-12(11)14/h2-7H,8H2,1H3,(H,15,16). The van der Waals surface area contributed by atoms with Gasteiger partial charge in [-0.15, -0.1) is 0 Å². The van der Waals surface area contributed by atoms with Crippen molar-refractivity contribution >= 4 is 21.8 Å². The van der Waals surface area contributed by atoms with Crippen LogP contribution in [0, 0.1) is 0 Å². The average Bonchev–Trinajstić information content (AvgIpc) is 2.83. The largest absolute Gasteiger partial charge is 0.497 e. The van der Waals surface area contributed by atoms with Gasteiger partial charge < -0.3 is 14.5 Å². The van der Waals surface area contributed by atoms with Crippen LogP contribution >= 0.6 is 15.9 Å². The fourth-order valence-electron chi connectivity index (χ4n) is 1.48. The minimum atomic E-state index is -0.175. The smallest absolute Gasteiger partial charge is 0.256 e. The third kappa shape index (κ3) is 2.92. The van der Waals surface area contributed by atoms with Crippen molar-refractivity contribution in [1.82, 2.24) is 5.32 Å². The monoisotopic (exact) mass is 309 g/mol. The summed E-state index contributed by atoms with van der Waals surface area (Å²) in [7, 11) is 1.62. The topological polar surface area (TPSA) is 51.5 Å². The van der Waals surface area contributed by atoms with Gasteiger partial charge in [0.15, 0.2) is 4.67 Å². The van der Waals surface area contributed by atoms with Crippen LogP contribution in [0.2, 0.25) is 0 Å². The number of carbonyl (C=O) groups excluding carboxylic acids is 1. The van der Waals surface area contributed by atoms with Crippen LogP contribution < -0.4 is 10.1 Å². The number of nitrogens with one attached hydrogen (secondary N) is 1. The van der Waals surface area contributed by atoms with Crippen LogP contribution in [0.3, 0.4) is 0 Å². The Balaban J connectivity index is 1.95. The van der Waals surface area contributed by atoms with Crippen LogP contribution in [-0.2, 0) is 6.54 Å². The quantitative estimate of drug-likeness (QED) is 0.944. The summed E-state index contributed by atoms with van der Waals surface area (Å²) >= 11 is 3.17. The van der Waals surface area contributed by atoms with Crippen LogP contribution in [0.5, 0.6) is 5.75 Å². The Bertz CT molecular complexity index is 533. The van der Waals surface area contributed by atoms with Crippen molar-refractivity contribution in [2.24, 2.45) is 0 Å². The molecule has 0 fully saturated rings. The maximum atomic E-state index is 11.8. The lowest BCUT2D eigenvalue weighted by atomic mass is 10.2. The van der Waals surface area contributed by atoms with Crippen LogP contribution in [0.4, 0.5) is 0 Å². The second kappa shape index (κ2) is 5.73. The number of hydrogen-bond donors (Lipinski definition) is 1. The van der Waals surface area contributed by atoms with Gasteiger partial charge in [0.25, 0.3) is 5.91 Å². The van der Waals surface area contributed by atoms with Gasteiger partial charge in [0, 0.05) is 6.54 Å². The summed E-state index contributed by atoms with van der Waals surface area (Å²) in [4.78, 5) is 11.8. The molecule has 0 bridgehead atoms. The second-order valence-corrected chi connectivity index (χ2v) is 4.36. The lowest BCUT2D eigenvalue weighted by Crippen LogP contribution is -2.22. The maximum Gasteiger partial charge on any atom is 0.256 e. The summed E-state index contributed by atoms with van der Waals surface area (Å²) in [6, 6.07) is 9.14. The molecule has 0 aliphatic carbocycles. The van der Waals surface area contributed by atoms with Crippen LogP contribution in [0.1, 0.15) is 15.9 Å². The molecule has 5 heteroatoms. The number of hydrogen-bond acceptors (Lipinski definition) is 3. The van der Waals surface area contributed by atoms with Crippen molar-refractivity contribution in [3.8, 4) is 5.75 Å². The van der Waals surface area contributed by atoms with E-state index in [-0.39, 0.29) is 5.91 Å². The Morgan fingerprint density at radius 2 is 2.06 bits per heavy atom. The van der Waals surface area contributed by atoms with Gasteiger partial charge in [-0.1, -0.05) is 12.1 Å². The molecule has 0 saturated carbocycles. The van der Waals surface area contributed by atoms with Crippen LogP contribution in [0.15, 0.2) is 45.7 Å². The molecular formula is C13H12BrNO3. The molecule has 1 aromatic heterocycles. The summed E-state index contributed by atoms with van der Waals surface area (Å²) in [6.07, 6.45) is 1.46. The van der Waals surface area contributed by atoms with E-state index in [1.807, 2.05) is 24.3 Å². The van der Waals surface area contributed by atoms with E-state index in [1.165, 1.54) is 6.26 Å². The Labute approximate surface area is 113 Å². The molecule has 0 radical (unpaired) electrons. The van der Waals surface area contributed by atoms with Gasteiger partial charge in [0.05, 0.1) is 18.9 Å². The molecule has 18 heavy (non-hydrogen) atoms. The first-order valence-electron chi connectivity index (χ1n) is 5.35. The fraction of sp³-hybridized carbons (Fsp3) is 0.154. The normalized spacial score (nSPS) is 10.1. The van der Waals surface area contributed by atoms with E-state index in [0.29, 0.717) is 16.8 Å². The molecule has 1 amide bonds. The first kappa shape index (κ1) is 12.7. The van der Waals surface area contributed by atoms with Gasteiger partial charge in [0.2, 0.25) is 0 Å². The summed E-state index contributed by atoms with van der Waals surface area (Å²) in [5.74, 6) is 0.620. The van der Waals surface area contributed by atoms with E-state index < -0.39 is 0 Å². The lowest BCUT2D eigenvalue weighted by Gasteiger charge is -2.05. The van der Waals surface area contributed by atoms with Gasteiger partial charge in [-0.05, 0) is 39.7 Å². The summed E-state index contributed by atoms with van der Waals surface area (Å²) < 4.78 is 10.5. The zero-order valence-electron chi connectivity index (χ0n) is 9.77. The summed E-state index contributed by atoms with van der Waals surface area (Å²) in [5.41, 5.74) is 1.49. The predicted molar refractivity (Wildman–Crippen MR) is 70.6 cm³/mol. The number of carbonyl (C=O) groups is 1. The predicted octanol–water partition coefficient (Wildman–Crippen LogP) is 2.98. The van der Waals surface area contributed by atoms with Gasteiger partial charge in [-0.3, -0.25) is 4.79 Å². The molecule has 0 aliphatic rings. The van der Waals surface area contributed by atoms with Crippen molar-refractivity contribution in [3.05, 3.63) is 52.4 Å². The molecule has 94 valence electrons. The highest BCUT2D eigenvalue weighted by atomic mass is 79.9. The highest BCUT2D eigenvalue weighted by Crippen LogP contribution is 2.17. The Morgan fingerprint density at radius 1 is 1.33 bits per heavy atom. The zero-order chi connectivity index (χ0) is 13.0. The number of methoxy groups -OCH3 is 1. The first-order valence-corrected chi connectivity index (χ1v) is 6.14. The van der Waals surface area contributed by atoms with E-state index in [9.17, 15) is 4.79 Å². The molecule has 0 saturated heterocycles. The minimum Gasteiger partial charge on any atom is -0.497 e. The molecule has 2 rings (SSSR count). The molecule has 1 aromatic carbocycles. The molecule has 0 unspecified atom stereocenters. The molecular weight excluding hydrogens is 298 g/mol. The molecule has 1 heterocycles. The summed E-state index contributed by atoms with van der Waals surface area (Å²) in [6.45, 7) is 0.459. The number of ether oxygens (including phenoxy) is 1. The van der Waals surface area contributed by atoms with Gasteiger partial charge in [-0.25, -0.2) is 0 Å². The average molecular weight is 310 g/mol. The third-order valence-corrected chi connectivity index (χ3v) is 3.09. The van der Waals surface area contributed by atoms with Gasteiger partial charge in [-0.2, -0.15) is 0 Å². The highest BCUT2D eigenvalue weighted by Gasteiger charge is 2.11. The number of furan rings is 1. The van der Waals surface area contributed by atoms with Crippen LogP contribution in [-0.4, -0.2) is 13.0 Å². The Hall–Kier alpha value is -1.75. The van der Waals surface area contributed by atoms with Crippen molar-refractivity contribution in [3.63, 3.8) is 0 Å². The summed E-state index contributed by atoms with van der Waals surface area (Å²) in [5, 5.41) is 2.81. The van der Waals surface area contributed by atoms with E-state index in [0.717, 1.165) is 11.3 Å². The Morgan fingerprint density at radius 3 is 2.61 bits per heavy atom. The lowest BCUT2D eigenvalue weighted by molar-refractivity contribution is 0.0949. The van der Waals surface area contributed by atoms with Gasteiger partial charge >= 0.3 is 0 Å². The zero-order valence-corrected chi connectivity index (χ0v) is 11.4. The second-order valence-electron chi connectivity index (χ2n) is 3.64. The highest BCUT2D eigenvalue weighted by molar-refractivity contribution is 9.10. The molecule has 0 atom stereocenters.